The Balaban J connectivity index is 2.99. The molecular formula is C15H23N3O6. The summed E-state index contributed by atoms with van der Waals surface area (Å²) in [5.74, 6) is -1.02. The van der Waals surface area contributed by atoms with E-state index < -0.39 is 11.8 Å². The third-order valence-corrected chi connectivity index (χ3v) is 3.24. The SMILES string of the molecule is O=C(c1cccc(C(=O)N(CCO)CCO)n1)N(CCO)CCO. The molecule has 0 fully saturated rings. The van der Waals surface area contributed by atoms with Crippen molar-refractivity contribution in [1.82, 2.24) is 14.8 Å². The number of aliphatic hydroxyl groups excluding tert-OH is 4. The van der Waals surface area contributed by atoms with E-state index in [0.29, 0.717) is 0 Å². The molecule has 2 amide bonds. The van der Waals surface area contributed by atoms with E-state index >= 15 is 0 Å². The van der Waals surface area contributed by atoms with Gasteiger partial charge in [0.15, 0.2) is 0 Å². The van der Waals surface area contributed by atoms with Crippen molar-refractivity contribution in [2.75, 3.05) is 52.6 Å². The maximum atomic E-state index is 12.4. The molecule has 0 aromatic carbocycles. The lowest BCUT2D eigenvalue weighted by molar-refractivity contribution is 0.0668. The van der Waals surface area contributed by atoms with E-state index in [1.165, 1.54) is 28.0 Å². The molecule has 134 valence electrons. The van der Waals surface area contributed by atoms with Crippen molar-refractivity contribution in [3.8, 4) is 0 Å². The summed E-state index contributed by atoms with van der Waals surface area (Å²) in [6.07, 6.45) is 0. The van der Waals surface area contributed by atoms with Crippen LogP contribution < -0.4 is 0 Å². The van der Waals surface area contributed by atoms with Gasteiger partial charge in [-0.3, -0.25) is 9.59 Å². The fraction of sp³-hybridized carbons (Fsp3) is 0.533. The molecule has 0 aliphatic carbocycles. The molecule has 1 aromatic rings. The third-order valence-electron chi connectivity index (χ3n) is 3.24. The first-order valence-corrected chi connectivity index (χ1v) is 7.58. The second-order valence-electron chi connectivity index (χ2n) is 4.89. The normalized spacial score (nSPS) is 10.5. The highest BCUT2D eigenvalue weighted by atomic mass is 16.3. The van der Waals surface area contributed by atoms with Crippen molar-refractivity contribution in [3.63, 3.8) is 0 Å². The lowest BCUT2D eigenvalue weighted by atomic mass is 10.2. The van der Waals surface area contributed by atoms with Gasteiger partial charge < -0.3 is 30.2 Å². The Morgan fingerprint density at radius 3 is 1.38 bits per heavy atom. The van der Waals surface area contributed by atoms with Crippen LogP contribution in [-0.4, -0.2) is 99.6 Å². The highest BCUT2D eigenvalue weighted by Gasteiger charge is 2.20. The number of rotatable bonds is 10. The summed E-state index contributed by atoms with van der Waals surface area (Å²) in [4.78, 5) is 31.2. The largest absolute Gasteiger partial charge is 0.395 e. The van der Waals surface area contributed by atoms with Crippen LogP contribution in [0, 0.1) is 0 Å². The van der Waals surface area contributed by atoms with E-state index in [0.717, 1.165) is 0 Å². The number of aromatic nitrogens is 1. The van der Waals surface area contributed by atoms with E-state index in [2.05, 4.69) is 4.98 Å². The third kappa shape index (κ3) is 5.53. The van der Waals surface area contributed by atoms with Crippen molar-refractivity contribution in [3.05, 3.63) is 29.6 Å². The van der Waals surface area contributed by atoms with Crippen LogP contribution in [0.1, 0.15) is 21.0 Å². The number of carbonyl (C=O) groups is 2. The molecule has 0 saturated carbocycles. The molecule has 0 unspecified atom stereocenters. The molecule has 1 heterocycles. The van der Waals surface area contributed by atoms with Gasteiger partial charge in [-0.15, -0.1) is 0 Å². The van der Waals surface area contributed by atoms with Gasteiger partial charge in [0.25, 0.3) is 11.8 Å². The average molecular weight is 341 g/mol. The summed E-state index contributed by atoms with van der Waals surface area (Å²) < 4.78 is 0. The highest BCUT2D eigenvalue weighted by Crippen LogP contribution is 2.07. The standard InChI is InChI=1S/C15H23N3O6/c19-8-4-17(5-9-20)14(23)12-2-1-3-13(16-12)15(24)18(6-10-21)7-11-22/h1-3,19-22H,4-11H2. The lowest BCUT2D eigenvalue weighted by Gasteiger charge is -2.22. The summed E-state index contributed by atoms with van der Waals surface area (Å²) in [6, 6.07) is 4.37. The van der Waals surface area contributed by atoms with Gasteiger partial charge in [-0.25, -0.2) is 4.98 Å². The van der Waals surface area contributed by atoms with Crippen LogP contribution in [-0.2, 0) is 0 Å². The van der Waals surface area contributed by atoms with Crippen LogP contribution in [0.15, 0.2) is 18.2 Å². The molecule has 0 bridgehead atoms. The van der Waals surface area contributed by atoms with E-state index in [9.17, 15) is 9.59 Å². The topological polar surface area (TPSA) is 134 Å². The summed E-state index contributed by atoms with van der Waals surface area (Å²) in [5.41, 5.74) is 0.0198. The number of aliphatic hydroxyl groups is 4. The van der Waals surface area contributed by atoms with Gasteiger partial charge in [0, 0.05) is 26.2 Å². The highest BCUT2D eigenvalue weighted by molar-refractivity contribution is 5.96. The number of hydrogen-bond acceptors (Lipinski definition) is 7. The average Bonchev–Trinajstić information content (AvgIpc) is 2.60. The maximum absolute atomic E-state index is 12.4. The molecule has 1 aromatic heterocycles. The van der Waals surface area contributed by atoms with E-state index in [-0.39, 0.29) is 64.0 Å². The van der Waals surface area contributed by atoms with Gasteiger partial charge in [0.1, 0.15) is 11.4 Å². The van der Waals surface area contributed by atoms with Crippen LogP contribution >= 0.6 is 0 Å². The van der Waals surface area contributed by atoms with E-state index in [1.54, 1.807) is 0 Å². The molecule has 0 aliphatic heterocycles. The van der Waals surface area contributed by atoms with Crippen molar-refractivity contribution in [1.29, 1.82) is 0 Å². The molecule has 0 aliphatic rings. The van der Waals surface area contributed by atoms with Gasteiger partial charge in [0.2, 0.25) is 0 Å². The Hall–Kier alpha value is -2.07. The van der Waals surface area contributed by atoms with Gasteiger partial charge >= 0.3 is 0 Å². The number of amides is 2. The summed E-state index contributed by atoms with van der Waals surface area (Å²) in [5, 5.41) is 36.0. The zero-order valence-corrected chi connectivity index (χ0v) is 13.3. The van der Waals surface area contributed by atoms with Gasteiger partial charge in [-0.1, -0.05) is 6.07 Å². The fourth-order valence-electron chi connectivity index (χ4n) is 2.11. The van der Waals surface area contributed by atoms with E-state index in [1.807, 2.05) is 0 Å². The second kappa shape index (κ2) is 10.7. The fourth-order valence-corrected chi connectivity index (χ4v) is 2.11. The van der Waals surface area contributed by atoms with E-state index in [4.69, 9.17) is 20.4 Å². The Bertz CT molecular complexity index is 484. The van der Waals surface area contributed by atoms with Gasteiger partial charge in [0.05, 0.1) is 26.4 Å². The minimum absolute atomic E-state index is 0.00990. The van der Waals surface area contributed by atoms with Crippen LogP contribution in [0.3, 0.4) is 0 Å². The Morgan fingerprint density at radius 2 is 1.08 bits per heavy atom. The summed E-state index contributed by atoms with van der Waals surface area (Å²) >= 11 is 0. The summed E-state index contributed by atoms with van der Waals surface area (Å²) in [6.45, 7) is -0.867. The Morgan fingerprint density at radius 1 is 0.750 bits per heavy atom. The first-order chi connectivity index (χ1) is 11.6. The van der Waals surface area contributed by atoms with Crippen LogP contribution in [0.4, 0.5) is 0 Å². The Labute approximate surface area is 139 Å². The number of pyridine rings is 1. The van der Waals surface area contributed by atoms with Crippen molar-refractivity contribution in [2.45, 2.75) is 0 Å². The molecule has 9 heteroatoms. The molecule has 0 radical (unpaired) electrons. The predicted octanol–water partition coefficient (Wildman–Crippen LogP) is -2.06. The number of carbonyl (C=O) groups excluding carboxylic acids is 2. The van der Waals surface area contributed by atoms with Crippen LogP contribution in [0.5, 0.6) is 0 Å². The molecule has 9 nitrogen and oxygen atoms in total. The first-order valence-electron chi connectivity index (χ1n) is 7.58. The minimum atomic E-state index is -0.511. The zero-order valence-electron chi connectivity index (χ0n) is 13.3. The minimum Gasteiger partial charge on any atom is -0.395 e. The Kier molecular flexibility index (Phi) is 8.87. The molecule has 0 spiro atoms. The van der Waals surface area contributed by atoms with Crippen molar-refractivity contribution >= 4 is 11.8 Å². The molecular weight excluding hydrogens is 318 g/mol. The molecule has 1 rings (SSSR count). The predicted molar refractivity (Wildman–Crippen MR) is 84.4 cm³/mol. The first kappa shape index (κ1) is 20.0. The van der Waals surface area contributed by atoms with Gasteiger partial charge in [-0.05, 0) is 12.1 Å². The smallest absolute Gasteiger partial charge is 0.272 e. The van der Waals surface area contributed by atoms with Crippen LogP contribution in [0.25, 0.3) is 0 Å². The quantitative estimate of drug-likeness (QED) is 0.384. The van der Waals surface area contributed by atoms with Crippen LogP contribution in [0.2, 0.25) is 0 Å². The maximum Gasteiger partial charge on any atom is 0.272 e. The summed E-state index contributed by atoms with van der Waals surface area (Å²) in [7, 11) is 0. The molecule has 0 saturated heterocycles. The van der Waals surface area contributed by atoms with Crippen molar-refractivity contribution < 1.29 is 30.0 Å². The number of hydrogen-bond donors (Lipinski definition) is 4. The lowest BCUT2D eigenvalue weighted by Crippen LogP contribution is -2.38. The molecule has 0 atom stereocenters. The molecule has 4 N–H and O–H groups in total. The second-order valence-corrected chi connectivity index (χ2v) is 4.89. The zero-order chi connectivity index (χ0) is 17.9. The molecule has 24 heavy (non-hydrogen) atoms. The van der Waals surface area contributed by atoms with Gasteiger partial charge in [-0.2, -0.15) is 0 Å². The monoisotopic (exact) mass is 341 g/mol. The number of nitrogens with zero attached hydrogens (tertiary/aromatic N) is 3. The van der Waals surface area contributed by atoms with Crippen molar-refractivity contribution in [2.24, 2.45) is 0 Å².